The van der Waals surface area contributed by atoms with Crippen molar-refractivity contribution in [2.75, 3.05) is 0 Å². The zero-order valence-electron chi connectivity index (χ0n) is 12.3. The van der Waals surface area contributed by atoms with Crippen LogP contribution in [0, 0.1) is 6.92 Å². The Morgan fingerprint density at radius 3 is 2.74 bits per heavy atom. The Labute approximate surface area is 115 Å². The summed E-state index contributed by atoms with van der Waals surface area (Å²) >= 11 is 0. The van der Waals surface area contributed by atoms with E-state index in [9.17, 15) is 0 Å². The lowest BCUT2D eigenvalue weighted by Crippen LogP contribution is -2.19. The highest BCUT2D eigenvalue weighted by Gasteiger charge is 2.08. The van der Waals surface area contributed by atoms with E-state index < -0.39 is 0 Å². The van der Waals surface area contributed by atoms with Gasteiger partial charge in [0.05, 0.1) is 11.4 Å². The van der Waals surface area contributed by atoms with Crippen LogP contribution in [0.5, 0.6) is 0 Å². The molecule has 19 heavy (non-hydrogen) atoms. The molecule has 0 spiro atoms. The van der Waals surface area contributed by atoms with Crippen LogP contribution >= 0.6 is 0 Å². The molecule has 0 aliphatic heterocycles. The number of aromatic nitrogens is 2. The minimum Gasteiger partial charge on any atom is -0.305 e. The smallest absolute Gasteiger partial charge is 0.0625 e. The van der Waals surface area contributed by atoms with E-state index in [1.807, 2.05) is 11.7 Å². The van der Waals surface area contributed by atoms with Crippen molar-refractivity contribution in [2.24, 2.45) is 7.05 Å². The van der Waals surface area contributed by atoms with Crippen LogP contribution in [0.1, 0.15) is 42.4 Å². The van der Waals surface area contributed by atoms with Crippen molar-refractivity contribution >= 4 is 0 Å². The summed E-state index contributed by atoms with van der Waals surface area (Å²) in [7, 11) is 2.01. The summed E-state index contributed by atoms with van der Waals surface area (Å²) in [5, 5.41) is 8.03. The highest BCUT2D eigenvalue weighted by Crippen LogP contribution is 2.14. The standard InChI is InChI=1S/C16H23N3/c1-5-15-10-16(19(4)18-15)11-17-13(3)14-8-6-7-12(2)9-14/h6-10,13,17H,5,11H2,1-4H3/t13-/m1/s1. The summed E-state index contributed by atoms with van der Waals surface area (Å²) in [6.07, 6.45) is 0.987. The van der Waals surface area contributed by atoms with Crippen LogP contribution < -0.4 is 5.32 Å². The molecule has 3 heteroatoms. The molecule has 0 saturated carbocycles. The summed E-state index contributed by atoms with van der Waals surface area (Å²) in [5.74, 6) is 0. The summed E-state index contributed by atoms with van der Waals surface area (Å²) in [6.45, 7) is 7.31. The highest BCUT2D eigenvalue weighted by molar-refractivity contribution is 5.24. The first-order valence-electron chi connectivity index (χ1n) is 6.92. The summed E-state index contributed by atoms with van der Waals surface area (Å²) in [6, 6.07) is 11.2. The Bertz CT molecular complexity index is 543. The number of nitrogens with one attached hydrogen (secondary N) is 1. The number of rotatable bonds is 5. The Morgan fingerprint density at radius 1 is 1.32 bits per heavy atom. The van der Waals surface area contributed by atoms with Gasteiger partial charge in [-0.05, 0) is 31.9 Å². The van der Waals surface area contributed by atoms with Gasteiger partial charge in [-0.15, -0.1) is 0 Å². The molecule has 3 nitrogen and oxygen atoms in total. The molecule has 0 unspecified atom stereocenters. The van der Waals surface area contributed by atoms with Crippen molar-refractivity contribution in [3.8, 4) is 0 Å². The first-order chi connectivity index (χ1) is 9.10. The molecular weight excluding hydrogens is 234 g/mol. The van der Waals surface area contributed by atoms with Gasteiger partial charge in [0.15, 0.2) is 0 Å². The average molecular weight is 257 g/mol. The third-order valence-corrected chi connectivity index (χ3v) is 3.52. The highest BCUT2D eigenvalue weighted by atomic mass is 15.3. The molecule has 0 amide bonds. The molecule has 0 fully saturated rings. The number of hydrogen-bond acceptors (Lipinski definition) is 2. The van der Waals surface area contributed by atoms with Crippen LogP contribution in [-0.4, -0.2) is 9.78 Å². The summed E-state index contributed by atoms with van der Waals surface area (Å²) in [4.78, 5) is 0. The molecule has 0 aliphatic carbocycles. The van der Waals surface area contributed by atoms with Crippen LogP contribution in [0.2, 0.25) is 0 Å². The van der Waals surface area contributed by atoms with E-state index in [2.05, 4.69) is 61.5 Å². The van der Waals surface area contributed by atoms with E-state index in [1.165, 1.54) is 16.8 Å². The molecule has 1 heterocycles. The molecule has 1 atom stereocenters. The third-order valence-electron chi connectivity index (χ3n) is 3.52. The Kier molecular flexibility index (Phi) is 4.38. The van der Waals surface area contributed by atoms with Crippen molar-refractivity contribution in [1.82, 2.24) is 15.1 Å². The van der Waals surface area contributed by atoms with E-state index in [4.69, 9.17) is 0 Å². The summed E-state index contributed by atoms with van der Waals surface area (Å²) < 4.78 is 1.97. The van der Waals surface area contributed by atoms with E-state index in [0.29, 0.717) is 6.04 Å². The van der Waals surface area contributed by atoms with Gasteiger partial charge in [-0.3, -0.25) is 4.68 Å². The van der Waals surface area contributed by atoms with Gasteiger partial charge in [0.2, 0.25) is 0 Å². The summed E-state index contributed by atoms with van der Waals surface area (Å²) in [5.41, 5.74) is 5.02. The van der Waals surface area contributed by atoms with Gasteiger partial charge < -0.3 is 5.32 Å². The molecule has 1 aromatic heterocycles. The molecule has 102 valence electrons. The quantitative estimate of drug-likeness (QED) is 0.891. The number of aryl methyl sites for hydroxylation is 3. The lowest BCUT2D eigenvalue weighted by molar-refractivity contribution is 0.547. The first kappa shape index (κ1) is 13.8. The topological polar surface area (TPSA) is 29.9 Å². The lowest BCUT2D eigenvalue weighted by atomic mass is 10.1. The van der Waals surface area contributed by atoms with Crippen molar-refractivity contribution < 1.29 is 0 Å². The van der Waals surface area contributed by atoms with Gasteiger partial charge in [-0.25, -0.2) is 0 Å². The molecule has 1 N–H and O–H groups in total. The number of hydrogen-bond donors (Lipinski definition) is 1. The predicted molar refractivity (Wildman–Crippen MR) is 79.0 cm³/mol. The van der Waals surface area contributed by atoms with Gasteiger partial charge in [0.1, 0.15) is 0 Å². The number of nitrogens with zero attached hydrogens (tertiary/aromatic N) is 2. The van der Waals surface area contributed by atoms with Crippen molar-refractivity contribution in [3.05, 3.63) is 52.8 Å². The Hall–Kier alpha value is -1.61. The van der Waals surface area contributed by atoms with Crippen LogP contribution in [0.4, 0.5) is 0 Å². The van der Waals surface area contributed by atoms with E-state index >= 15 is 0 Å². The first-order valence-corrected chi connectivity index (χ1v) is 6.92. The molecule has 0 aliphatic rings. The molecule has 0 bridgehead atoms. The second-order valence-electron chi connectivity index (χ2n) is 5.12. The van der Waals surface area contributed by atoms with Crippen molar-refractivity contribution in [1.29, 1.82) is 0 Å². The predicted octanol–water partition coefficient (Wildman–Crippen LogP) is 3.14. The molecule has 2 rings (SSSR count). The van der Waals surface area contributed by atoms with Gasteiger partial charge >= 0.3 is 0 Å². The van der Waals surface area contributed by atoms with Crippen LogP contribution in [0.25, 0.3) is 0 Å². The molecule has 0 saturated heterocycles. The maximum Gasteiger partial charge on any atom is 0.0625 e. The van der Waals surface area contributed by atoms with Gasteiger partial charge in [-0.2, -0.15) is 5.10 Å². The van der Waals surface area contributed by atoms with Gasteiger partial charge in [-0.1, -0.05) is 36.8 Å². The molecule has 0 radical (unpaired) electrons. The van der Waals surface area contributed by atoms with Crippen LogP contribution in [-0.2, 0) is 20.0 Å². The van der Waals surface area contributed by atoms with Crippen LogP contribution in [0.15, 0.2) is 30.3 Å². The maximum atomic E-state index is 4.47. The van der Waals surface area contributed by atoms with Crippen molar-refractivity contribution in [2.45, 2.75) is 39.8 Å². The fourth-order valence-electron chi connectivity index (χ4n) is 2.22. The molecule has 1 aromatic carbocycles. The van der Waals surface area contributed by atoms with E-state index in [0.717, 1.165) is 18.7 Å². The average Bonchev–Trinajstić information content (AvgIpc) is 2.76. The van der Waals surface area contributed by atoms with Gasteiger partial charge in [0, 0.05) is 19.6 Å². The minimum atomic E-state index is 0.347. The Balaban J connectivity index is 2.00. The van der Waals surface area contributed by atoms with E-state index in [-0.39, 0.29) is 0 Å². The minimum absolute atomic E-state index is 0.347. The molecule has 2 aromatic rings. The fourth-order valence-corrected chi connectivity index (χ4v) is 2.22. The SMILES string of the molecule is CCc1cc(CN[C@H](C)c2cccc(C)c2)n(C)n1. The Morgan fingerprint density at radius 2 is 2.11 bits per heavy atom. The maximum absolute atomic E-state index is 4.47. The monoisotopic (exact) mass is 257 g/mol. The second kappa shape index (κ2) is 6.02. The normalized spacial score (nSPS) is 12.6. The fraction of sp³-hybridized carbons (Fsp3) is 0.438. The van der Waals surface area contributed by atoms with Crippen LogP contribution in [0.3, 0.4) is 0 Å². The lowest BCUT2D eigenvalue weighted by Gasteiger charge is -2.14. The van der Waals surface area contributed by atoms with Gasteiger partial charge in [0.25, 0.3) is 0 Å². The van der Waals surface area contributed by atoms with Crippen molar-refractivity contribution in [3.63, 3.8) is 0 Å². The third kappa shape index (κ3) is 3.44. The molecular formula is C16H23N3. The van der Waals surface area contributed by atoms with E-state index in [1.54, 1.807) is 0 Å². The zero-order chi connectivity index (χ0) is 13.8. The zero-order valence-corrected chi connectivity index (χ0v) is 12.3. The number of benzene rings is 1. The largest absolute Gasteiger partial charge is 0.305 e. The second-order valence-corrected chi connectivity index (χ2v) is 5.12.